The van der Waals surface area contributed by atoms with Gasteiger partial charge in [0.1, 0.15) is 13.0 Å². The number of hydrogen-bond donors (Lipinski definition) is 0. The van der Waals surface area contributed by atoms with Crippen LogP contribution in [0.5, 0.6) is 0 Å². The van der Waals surface area contributed by atoms with Crippen LogP contribution in [0.3, 0.4) is 0 Å². The highest BCUT2D eigenvalue weighted by Crippen LogP contribution is 2.49. The average molecular weight is 371 g/mol. The number of ether oxygens (including phenoxy) is 1. The summed E-state index contributed by atoms with van der Waals surface area (Å²) in [6, 6.07) is 19.8. The summed E-state index contributed by atoms with van der Waals surface area (Å²) in [5, 5.41) is 1.94. The number of carbonyl (C=O) groups excluding carboxylic acids is 1. The van der Waals surface area contributed by atoms with E-state index in [2.05, 4.69) is 0 Å². The average Bonchev–Trinajstić information content (AvgIpc) is 2.68. The van der Waals surface area contributed by atoms with Gasteiger partial charge in [0.15, 0.2) is 0 Å². The molecule has 0 radical (unpaired) electrons. The largest absolute Gasteiger partial charge is 0.461 e. The Morgan fingerprint density at radius 2 is 1.46 bits per heavy atom. The lowest BCUT2D eigenvalue weighted by Gasteiger charge is -2.25. The highest BCUT2D eigenvalue weighted by molar-refractivity contribution is 7.76. The van der Waals surface area contributed by atoms with Gasteiger partial charge in [-0.2, -0.15) is 0 Å². The second-order valence-electron chi connectivity index (χ2n) is 5.48. The topological polar surface area (TPSA) is 47.9 Å². The van der Waals surface area contributed by atoms with Gasteiger partial charge in [0.2, 0.25) is 0 Å². The third kappa shape index (κ3) is 4.72. The Labute approximate surface area is 156 Å². The molecular formula is C21H26NO3P. The summed E-state index contributed by atoms with van der Waals surface area (Å²) in [5.41, 5.74) is 0.323. The van der Waals surface area contributed by atoms with Crippen molar-refractivity contribution < 1.29 is 14.1 Å². The lowest BCUT2D eigenvalue weighted by molar-refractivity contribution is -0.138. The van der Waals surface area contributed by atoms with E-state index in [1.54, 1.807) is 13.0 Å². The normalized spacial score (nSPS) is 11.9. The molecule has 138 valence electrons. The molecule has 0 aliphatic rings. The molecule has 0 N–H and O–H groups in total. The quantitative estimate of drug-likeness (QED) is 0.386. The second-order valence-corrected chi connectivity index (χ2v) is 8.13. The van der Waals surface area contributed by atoms with Crippen molar-refractivity contribution in [1.29, 1.82) is 0 Å². The van der Waals surface area contributed by atoms with Crippen LogP contribution in [0.4, 0.5) is 0 Å². The molecule has 0 saturated heterocycles. The van der Waals surface area contributed by atoms with Gasteiger partial charge < -0.3 is 9.26 Å². The van der Waals surface area contributed by atoms with E-state index in [9.17, 15) is 4.79 Å². The molecule has 2 rings (SSSR count). The Balaban J connectivity index is 2.77. The molecule has 2 aromatic carbocycles. The van der Waals surface area contributed by atoms with Crippen LogP contribution in [0.25, 0.3) is 0 Å². The Hall–Kier alpha value is -2.16. The molecular weight excluding hydrogens is 345 g/mol. The minimum atomic E-state index is -2.61. The van der Waals surface area contributed by atoms with Crippen molar-refractivity contribution in [3.8, 4) is 0 Å². The van der Waals surface area contributed by atoms with Crippen LogP contribution in [-0.2, 0) is 14.1 Å². The fourth-order valence-electron chi connectivity index (χ4n) is 2.60. The lowest BCUT2D eigenvalue weighted by Crippen LogP contribution is -2.19. The van der Waals surface area contributed by atoms with Crippen LogP contribution in [0.15, 0.2) is 77.2 Å². The molecule has 0 amide bonds. The van der Waals surface area contributed by atoms with Crippen molar-refractivity contribution >= 4 is 23.9 Å². The molecule has 0 heterocycles. The Kier molecular flexibility index (Phi) is 7.83. The smallest absolute Gasteiger partial charge is 0.356 e. The van der Waals surface area contributed by atoms with Crippen molar-refractivity contribution in [3.63, 3.8) is 0 Å². The maximum Gasteiger partial charge on any atom is 0.356 e. The third-order valence-electron chi connectivity index (χ3n) is 3.66. The molecule has 0 aromatic heterocycles. The SMILES string of the molecule is CC/C=C(/N=P(OCC)(c1ccccc1)c1ccccc1)C(=O)OCC. The van der Waals surface area contributed by atoms with E-state index < -0.39 is 13.3 Å². The minimum absolute atomic E-state index is 0.312. The molecule has 0 fully saturated rings. The zero-order chi connectivity index (χ0) is 18.8. The molecule has 0 atom stereocenters. The van der Waals surface area contributed by atoms with Crippen LogP contribution < -0.4 is 10.6 Å². The van der Waals surface area contributed by atoms with Gasteiger partial charge in [-0.05, 0) is 20.3 Å². The molecule has 0 unspecified atom stereocenters. The number of carbonyl (C=O) groups is 1. The van der Waals surface area contributed by atoms with Crippen molar-refractivity contribution in [3.05, 3.63) is 72.4 Å². The van der Waals surface area contributed by atoms with Crippen molar-refractivity contribution in [2.24, 2.45) is 4.74 Å². The zero-order valence-electron chi connectivity index (χ0n) is 15.6. The predicted octanol–water partition coefficient (Wildman–Crippen LogP) is 4.65. The number of esters is 1. The highest BCUT2D eigenvalue weighted by Gasteiger charge is 2.27. The predicted molar refractivity (Wildman–Crippen MR) is 108 cm³/mol. The fraction of sp³-hybridized carbons (Fsp3) is 0.286. The van der Waals surface area contributed by atoms with Crippen molar-refractivity contribution in [2.45, 2.75) is 27.2 Å². The molecule has 5 heteroatoms. The second kappa shape index (κ2) is 10.1. The van der Waals surface area contributed by atoms with Gasteiger partial charge in [-0.15, -0.1) is 0 Å². The van der Waals surface area contributed by atoms with Gasteiger partial charge in [0.05, 0.1) is 13.2 Å². The third-order valence-corrected chi connectivity index (χ3v) is 6.78. The summed E-state index contributed by atoms with van der Waals surface area (Å²) in [4.78, 5) is 12.5. The van der Waals surface area contributed by atoms with E-state index in [4.69, 9.17) is 14.0 Å². The lowest BCUT2D eigenvalue weighted by atomic mass is 10.3. The van der Waals surface area contributed by atoms with Crippen molar-refractivity contribution in [1.82, 2.24) is 0 Å². The minimum Gasteiger partial charge on any atom is -0.461 e. The summed E-state index contributed by atoms with van der Waals surface area (Å²) in [6.07, 6.45) is 2.49. The van der Waals surface area contributed by atoms with Gasteiger partial charge in [-0.1, -0.05) is 73.7 Å². The van der Waals surface area contributed by atoms with Crippen LogP contribution in [-0.4, -0.2) is 19.2 Å². The first kappa shape index (κ1) is 20.2. The number of allylic oxidation sites excluding steroid dienone is 1. The number of nitrogens with zero attached hydrogens (tertiary/aromatic N) is 1. The molecule has 0 spiro atoms. The van der Waals surface area contributed by atoms with Gasteiger partial charge in [-0.3, -0.25) is 0 Å². The maximum absolute atomic E-state index is 12.5. The summed E-state index contributed by atoms with van der Waals surface area (Å²) < 4.78 is 16.4. The summed E-state index contributed by atoms with van der Waals surface area (Å²) in [5.74, 6) is -0.412. The van der Waals surface area contributed by atoms with E-state index in [1.165, 1.54) is 0 Å². The molecule has 0 saturated carbocycles. The van der Waals surface area contributed by atoms with Gasteiger partial charge in [0, 0.05) is 10.6 Å². The zero-order valence-corrected chi connectivity index (χ0v) is 16.5. The van der Waals surface area contributed by atoms with E-state index in [0.29, 0.717) is 25.3 Å². The molecule has 26 heavy (non-hydrogen) atoms. The number of benzene rings is 2. The fourth-order valence-corrected chi connectivity index (χ4v) is 5.48. The maximum atomic E-state index is 12.5. The van der Waals surface area contributed by atoms with E-state index in [-0.39, 0.29) is 0 Å². The van der Waals surface area contributed by atoms with E-state index in [1.807, 2.05) is 74.5 Å². The Bertz CT molecular complexity index is 742. The van der Waals surface area contributed by atoms with E-state index >= 15 is 0 Å². The number of rotatable bonds is 8. The first-order chi connectivity index (χ1) is 12.7. The van der Waals surface area contributed by atoms with Gasteiger partial charge in [-0.25, -0.2) is 9.54 Å². The first-order valence-electron chi connectivity index (χ1n) is 8.93. The summed E-state index contributed by atoms with van der Waals surface area (Å²) in [7, 11) is -2.61. The van der Waals surface area contributed by atoms with Crippen LogP contribution in [0.2, 0.25) is 0 Å². The molecule has 0 aliphatic heterocycles. The summed E-state index contributed by atoms with van der Waals surface area (Å²) >= 11 is 0. The molecule has 2 aromatic rings. The standard InChI is InChI=1S/C21H26NO3P/c1-4-13-20(21(23)24-5-2)22-26(25-6-3,18-14-9-7-10-15-18)19-16-11-8-12-17-19/h7-17H,4-6H2,1-3H3/b20-13+. The Morgan fingerprint density at radius 1 is 0.923 bits per heavy atom. The van der Waals surface area contributed by atoms with Crippen LogP contribution >= 0.6 is 7.28 Å². The van der Waals surface area contributed by atoms with Crippen LogP contribution in [0, 0.1) is 0 Å². The molecule has 0 bridgehead atoms. The highest BCUT2D eigenvalue weighted by atomic mass is 31.2. The molecule has 0 aliphatic carbocycles. The van der Waals surface area contributed by atoms with Gasteiger partial charge in [0.25, 0.3) is 0 Å². The summed E-state index contributed by atoms with van der Waals surface area (Å²) in [6.45, 7) is 6.51. The van der Waals surface area contributed by atoms with Crippen LogP contribution in [0.1, 0.15) is 27.2 Å². The monoisotopic (exact) mass is 371 g/mol. The first-order valence-corrected chi connectivity index (χ1v) is 10.6. The van der Waals surface area contributed by atoms with Crippen molar-refractivity contribution in [2.75, 3.05) is 13.2 Å². The van der Waals surface area contributed by atoms with Gasteiger partial charge >= 0.3 is 5.97 Å². The van der Waals surface area contributed by atoms with E-state index in [0.717, 1.165) is 10.6 Å². The number of hydrogen-bond acceptors (Lipinski definition) is 4. The molecule has 4 nitrogen and oxygen atoms in total. The Morgan fingerprint density at radius 3 is 1.88 bits per heavy atom.